The molecule has 0 aliphatic heterocycles. The summed E-state index contributed by atoms with van der Waals surface area (Å²) in [5.74, 6) is -0.287. The minimum atomic E-state index is -1.09. The maximum absolute atomic E-state index is 12.5. The van der Waals surface area contributed by atoms with Gasteiger partial charge >= 0.3 is 6.09 Å². The first-order valence-electron chi connectivity index (χ1n) is 8.35. The topological polar surface area (TPSA) is 104 Å². The number of anilines is 2. The lowest BCUT2D eigenvalue weighted by molar-refractivity contribution is 0.102. The van der Waals surface area contributed by atoms with Gasteiger partial charge in [-0.15, -0.1) is 0 Å². The zero-order valence-corrected chi connectivity index (χ0v) is 14.5. The van der Waals surface area contributed by atoms with Crippen LogP contribution in [0.15, 0.2) is 72.8 Å². The van der Waals surface area contributed by atoms with E-state index in [0.717, 1.165) is 16.7 Å². The quantitative estimate of drug-likeness (QED) is 0.516. The largest absolute Gasteiger partial charge is 0.465 e. The first-order valence-corrected chi connectivity index (χ1v) is 8.35. The van der Waals surface area contributed by atoms with Crippen LogP contribution < -0.4 is 16.4 Å². The van der Waals surface area contributed by atoms with Crippen molar-refractivity contribution in [2.45, 2.75) is 6.54 Å². The van der Waals surface area contributed by atoms with Crippen molar-refractivity contribution < 1.29 is 14.7 Å². The maximum Gasteiger partial charge on any atom is 0.404 e. The van der Waals surface area contributed by atoms with Gasteiger partial charge in [-0.05, 0) is 41.0 Å². The Morgan fingerprint density at radius 2 is 1.59 bits per heavy atom. The molecule has 0 saturated carbocycles. The number of carboxylic acid groups (broad SMARTS) is 1. The van der Waals surface area contributed by atoms with Gasteiger partial charge < -0.3 is 21.5 Å². The number of rotatable bonds is 5. The van der Waals surface area contributed by atoms with Crippen molar-refractivity contribution in [1.82, 2.24) is 5.32 Å². The Hall–Kier alpha value is -3.80. The smallest absolute Gasteiger partial charge is 0.404 e. The summed E-state index contributed by atoms with van der Waals surface area (Å²) in [5.41, 5.74) is 10.2. The second-order valence-corrected chi connectivity index (χ2v) is 5.98. The zero-order valence-electron chi connectivity index (χ0n) is 14.5. The highest BCUT2D eigenvalue weighted by molar-refractivity contribution is 6.06. The zero-order chi connectivity index (χ0) is 19.2. The Balaban J connectivity index is 1.75. The average molecular weight is 361 g/mol. The van der Waals surface area contributed by atoms with Gasteiger partial charge in [0.15, 0.2) is 0 Å². The van der Waals surface area contributed by atoms with Crippen molar-refractivity contribution in [1.29, 1.82) is 0 Å². The van der Waals surface area contributed by atoms with E-state index in [9.17, 15) is 9.59 Å². The standard InChI is InChI=1S/C21H19N3O3/c22-18-11-10-17(15-4-2-1-3-5-15)12-19(18)24-20(25)16-8-6-14(7-9-16)13-23-21(26)27/h1-12,23H,13,22H2,(H,24,25)(H,26,27). The van der Waals surface area contributed by atoms with E-state index < -0.39 is 6.09 Å². The van der Waals surface area contributed by atoms with Crippen LogP contribution in [0.3, 0.4) is 0 Å². The highest BCUT2D eigenvalue weighted by atomic mass is 16.4. The molecule has 6 heteroatoms. The van der Waals surface area contributed by atoms with Crippen molar-refractivity contribution in [3.8, 4) is 11.1 Å². The van der Waals surface area contributed by atoms with E-state index in [-0.39, 0.29) is 12.5 Å². The summed E-state index contributed by atoms with van der Waals surface area (Å²) >= 11 is 0. The molecule has 0 aliphatic carbocycles. The number of nitrogens with one attached hydrogen (secondary N) is 2. The van der Waals surface area contributed by atoms with Crippen LogP contribution in [-0.2, 0) is 6.54 Å². The van der Waals surface area contributed by atoms with Gasteiger partial charge in [-0.3, -0.25) is 4.79 Å². The van der Waals surface area contributed by atoms with E-state index >= 15 is 0 Å². The predicted octanol–water partition coefficient (Wildman–Crippen LogP) is 3.96. The molecule has 0 heterocycles. The molecule has 3 aromatic rings. The summed E-state index contributed by atoms with van der Waals surface area (Å²) in [6, 6.07) is 22.0. The van der Waals surface area contributed by atoms with Crippen LogP contribution >= 0.6 is 0 Å². The number of amides is 2. The molecule has 3 rings (SSSR count). The van der Waals surface area contributed by atoms with Crippen LogP contribution in [0.2, 0.25) is 0 Å². The third kappa shape index (κ3) is 4.64. The fourth-order valence-electron chi connectivity index (χ4n) is 2.62. The van der Waals surface area contributed by atoms with Gasteiger partial charge in [-0.25, -0.2) is 4.79 Å². The Morgan fingerprint density at radius 3 is 2.26 bits per heavy atom. The van der Waals surface area contributed by atoms with E-state index in [1.165, 1.54) is 0 Å². The van der Waals surface area contributed by atoms with Gasteiger partial charge in [-0.1, -0.05) is 48.5 Å². The number of benzene rings is 3. The molecular formula is C21H19N3O3. The van der Waals surface area contributed by atoms with Gasteiger partial charge in [0.05, 0.1) is 11.4 Å². The molecule has 0 spiro atoms. The Morgan fingerprint density at radius 1 is 0.889 bits per heavy atom. The molecule has 5 N–H and O–H groups in total. The molecule has 6 nitrogen and oxygen atoms in total. The van der Waals surface area contributed by atoms with E-state index in [1.807, 2.05) is 42.5 Å². The van der Waals surface area contributed by atoms with Crippen LogP contribution in [0.25, 0.3) is 11.1 Å². The lowest BCUT2D eigenvalue weighted by Gasteiger charge is -2.11. The SMILES string of the molecule is Nc1ccc(-c2ccccc2)cc1NC(=O)c1ccc(CNC(=O)O)cc1. The number of carbonyl (C=O) groups is 2. The second kappa shape index (κ2) is 8.05. The fraction of sp³-hybridized carbons (Fsp3) is 0.0476. The van der Waals surface area contributed by atoms with Gasteiger partial charge in [0.2, 0.25) is 0 Å². The summed E-state index contributed by atoms with van der Waals surface area (Å²) in [6.45, 7) is 0.184. The van der Waals surface area contributed by atoms with Gasteiger partial charge in [0.1, 0.15) is 0 Å². The lowest BCUT2D eigenvalue weighted by atomic mass is 10.0. The summed E-state index contributed by atoms with van der Waals surface area (Å²) in [4.78, 5) is 23.0. The molecule has 136 valence electrons. The van der Waals surface area contributed by atoms with Crippen molar-refractivity contribution in [2.24, 2.45) is 0 Å². The number of nitrogen functional groups attached to an aromatic ring is 1. The summed E-state index contributed by atoms with van der Waals surface area (Å²) in [5, 5.41) is 13.7. The average Bonchev–Trinajstić information content (AvgIpc) is 2.69. The minimum Gasteiger partial charge on any atom is -0.465 e. The first-order chi connectivity index (χ1) is 13.0. The lowest BCUT2D eigenvalue weighted by Crippen LogP contribution is -2.20. The molecule has 27 heavy (non-hydrogen) atoms. The normalized spacial score (nSPS) is 10.2. The number of nitrogens with two attached hydrogens (primary N) is 1. The Labute approximate surface area is 156 Å². The molecule has 0 atom stereocenters. The Bertz CT molecular complexity index is 954. The van der Waals surface area contributed by atoms with Crippen LogP contribution in [0.1, 0.15) is 15.9 Å². The molecule has 0 aliphatic rings. The molecule has 3 aromatic carbocycles. The van der Waals surface area contributed by atoms with Gasteiger partial charge in [0.25, 0.3) is 5.91 Å². The third-order valence-corrected chi connectivity index (χ3v) is 4.07. The highest BCUT2D eigenvalue weighted by Crippen LogP contribution is 2.27. The van der Waals surface area contributed by atoms with E-state index in [1.54, 1.807) is 30.3 Å². The third-order valence-electron chi connectivity index (χ3n) is 4.07. The molecule has 0 fully saturated rings. The van der Waals surface area contributed by atoms with E-state index in [0.29, 0.717) is 16.9 Å². The van der Waals surface area contributed by atoms with Crippen LogP contribution in [0.5, 0.6) is 0 Å². The van der Waals surface area contributed by atoms with Crippen LogP contribution in [-0.4, -0.2) is 17.1 Å². The maximum atomic E-state index is 12.5. The van der Waals surface area contributed by atoms with Crippen molar-refractivity contribution >= 4 is 23.4 Å². The van der Waals surface area contributed by atoms with Crippen molar-refractivity contribution in [3.05, 3.63) is 83.9 Å². The molecule has 0 aromatic heterocycles. The monoisotopic (exact) mass is 361 g/mol. The minimum absolute atomic E-state index is 0.184. The second-order valence-electron chi connectivity index (χ2n) is 5.98. The Kier molecular flexibility index (Phi) is 5.37. The molecule has 0 unspecified atom stereocenters. The molecule has 0 saturated heterocycles. The summed E-state index contributed by atoms with van der Waals surface area (Å²) < 4.78 is 0. The van der Waals surface area contributed by atoms with Crippen LogP contribution in [0.4, 0.5) is 16.2 Å². The molecule has 0 bridgehead atoms. The summed E-state index contributed by atoms with van der Waals surface area (Å²) in [6.07, 6.45) is -1.09. The number of hydrogen-bond acceptors (Lipinski definition) is 3. The molecule has 0 radical (unpaired) electrons. The fourth-order valence-corrected chi connectivity index (χ4v) is 2.62. The highest BCUT2D eigenvalue weighted by Gasteiger charge is 2.10. The van der Waals surface area contributed by atoms with Crippen molar-refractivity contribution in [2.75, 3.05) is 11.1 Å². The summed E-state index contributed by atoms with van der Waals surface area (Å²) in [7, 11) is 0. The van der Waals surface area contributed by atoms with Gasteiger partial charge in [-0.2, -0.15) is 0 Å². The first kappa shape index (κ1) is 18.0. The van der Waals surface area contributed by atoms with E-state index in [4.69, 9.17) is 10.8 Å². The number of hydrogen-bond donors (Lipinski definition) is 4. The molecular weight excluding hydrogens is 342 g/mol. The van der Waals surface area contributed by atoms with E-state index in [2.05, 4.69) is 10.6 Å². The van der Waals surface area contributed by atoms with Gasteiger partial charge in [0, 0.05) is 12.1 Å². The predicted molar refractivity (Wildman–Crippen MR) is 106 cm³/mol. The van der Waals surface area contributed by atoms with Crippen molar-refractivity contribution in [3.63, 3.8) is 0 Å². The number of carbonyl (C=O) groups excluding carboxylic acids is 1. The molecule has 2 amide bonds. The van der Waals surface area contributed by atoms with Crippen LogP contribution in [0, 0.1) is 0 Å².